The van der Waals surface area contributed by atoms with E-state index in [-0.39, 0.29) is 11.3 Å². The average molecular weight is 397 g/mol. The summed E-state index contributed by atoms with van der Waals surface area (Å²) in [6.07, 6.45) is 6.61. The molecule has 156 valence electrons. The van der Waals surface area contributed by atoms with Gasteiger partial charge < -0.3 is 9.47 Å². The Morgan fingerprint density at radius 3 is 2.69 bits per heavy atom. The van der Waals surface area contributed by atoms with Crippen molar-refractivity contribution in [3.8, 4) is 0 Å². The van der Waals surface area contributed by atoms with Crippen molar-refractivity contribution in [2.45, 2.75) is 65.6 Å². The lowest BCUT2D eigenvalue weighted by Crippen LogP contribution is -2.41. The number of aromatic nitrogens is 4. The quantitative estimate of drug-likeness (QED) is 0.795. The number of likely N-dealkylation sites (tertiary alicyclic amines) is 1. The van der Waals surface area contributed by atoms with Gasteiger partial charge in [0, 0.05) is 50.9 Å². The van der Waals surface area contributed by atoms with Gasteiger partial charge in [0.05, 0.1) is 6.54 Å². The molecule has 1 saturated heterocycles. The Balaban J connectivity index is 1.41. The maximum absolute atomic E-state index is 12.6. The molecule has 7 nitrogen and oxygen atoms in total. The molecule has 29 heavy (non-hydrogen) atoms. The zero-order valence-electron chi connectivity index (χ0n) is 17.8. The normalized spacial score (nSPS) is 20.5. The van der Waals surface area contributed by atoms with E-state index in [4.69, 9.17) is 0 Å². The first-order valence-electron chi connectivity index (χ1n) is 10.7. The van der Waals surface area contributed by atoms with Gasteiger partial charge in [-0.05, 0) is 42.5 Å². The number of nitrogens with zero attached hydrogens (tertiary/aromatic N) is 6. The molecule has 1 atom stereocenters. The Morgan fingerprint density at radius 2 is 1.93 bits per heavy atom. The van der Waals surface area contributed by atoms with Gasteiger partial charge in [-0.15, -0.1) is 10.2 Å². The Kier molecular flexibility index (Phi) is 5.67. The topological polar surface area (TPSA) is 67.2 Å². The van der Waals surface area contributed by atoms with Crippen LogP contribution in [-0.4, -0.2) is 55.1 Å². The molecule has 4 rings (SSSR count). The first-order chi connectivity index (χ1) is 13.9. The van der Waals surface area contributed by atoms with E-state index in [1.807, 2.05) is 17.3 Å². The fourth-order valence-corrected chi connectivity index (χ4v) is 4.42. The number of carbonyl (C=O) groups is 1. The monoisotopic (exact) mass is 396 g/mol. The number of hydrogen-bond acceptors (Lipinski definition) is 5. The fourth-order valence-electron chi connectivity index (χ4n) is 4.42. The molecule has 0 radical (unpaired) electrons. The second kappa shape index (κ2) is 8.22. The number of hydrogen-bond donors (Lipinski definition) is 0. The lowest BCUT2D eigenvalue weighted by atomic mass is 9.91. The molecule has 1 fully saturated rings. The van der Waals surface area contributed by atoms with Crippen molar-refractivity contribution in [1.82, 2.24) is 29.5 Å². The first-order valence-corrected chi connectivity index (χ1v) is 10.7. The summed E-state index contributed by atoms with van der Waals surface area (Å²) in [4.78, 5) is 21.2. The molecule has 2 aromatic heterocycles. The number of fused-ring (bicyclic) bond motifs is 1. The Hall–Kier alpha value is -2.28. The molecule has 1 unspecified atom stereocenters. The molecule has 0 N–H and O–H groups in total. The van der Waals surface area contributed by atoms with E-state index in [0.29, 0.717) is 18.9 Å². The predicted octanol–water partition coefficient (Wildman–Crippen LogP) is 2.83. The maximum Gasteiger partial charge on any atom is 0.223 e. The van der Waals surface area contributed by atoms with Crippen LogP contribution in [0.2, 0.25) is 0 Å². The zero-order chi connectivity index (χ0) is 20.4. The van der Waals surface area contributed by atoms with Gasteiger partial charge in [0.1, 0.15) is 5.82 Å². The van der Waals surface area contributed by atoms with Crippen LogP contribution in [-0.2, 0) is 24.4 Å². The second-order valence-electron chi connectivity index (χ2n) is 9.61. The molecule has 0 spiro atoms. The standard InChI is InChI=1S/C22H32N6O/c1-22(2,3)13-20(29)27-11-12-28-19(16-27)24-25-21(28)18-5-4-10-26(15-18)14-17-6-8-23-9-7-17/h6-9,18H,4-5,10-16H2,1-3H3. The molecule has 0 aromatic carbocycles. The molecule has 2 aliphatic heterocycles. The van der Waals surface area contributed by atoms with Crippen LogP contribution >= 0.6 is 0 Å². The van der Waals surface area contributed by atoms with Crippen LogP contribution in [0.5, 0.6) is 0 Å². The third kappa shape index (κ3) is 4.83. The number of rotatable bonds is 4. The van der Waals surface area contributed by atoms with Gasteiger partial charge in [0.25, 0.3) is 0 Å². The van der Waals surface area contributed by atoms with E-state index >= 15 is 0 Å². The molecular formula is C22H32N6O. The van der Waals surface area contributed by atoms with Crippen LogP contribution in [0.25, 0.3) is 0 Å². The number of carbonyl (C=O) groups excluding carboxylic acids is 1. The summed E-state index contributed by atoms with van der Waals surface area (Å²) in [6.45, 7) is 11.5. The molecule has 0 saturated carbocycles. The molecular weight excluding hydrogens is 364 g/mol. The summed E-state index contributed by atoms with van der Waals surface area (Å²) in [5, 5.41) is 9.03. The van der Waals surface area contributed by atoms with Gasteiger partial charge in [-0.1, -0.05) is 20.8 Å². The third-order valence-electron chi connectivity index (χ3n) is 5.84. The second-order valence-corrected chi connectivity index (χ2v) is 9.61. The van der Waals surface area contributed by atoms with Crippen molar-refractivity contribution in [2.24, 2.45) is 5.41 Å². The Labute approximate surface area is 173 Å². The highest BCUT2D eigenvalue weighted by atomic mass is 16.2. The average Bonchev–Trinajstić information content (AvgIpc) is 3.11. The van der Waals surface area contributed by atoms with E-state index in [9.17, 15) is 4.79 Å². The first kappa shape index (κ1) is 20.0. The lowest BCUT2D eigenvalue weighted by molar-refractivity contribution is -0.134. The SMILES string of the molecule is CC(C)(C)CC(=O)N1CCn2c(nnc2C2CCCN(Cc3ccncc3)C2)C1. The summed E-state index contributed by atoms with van der Waals surface area (Å²) in [5.74, 6) is 2.65. The lowest BCUT2D eigenvalue weighted by Gasteiger charge is -2.34. The van der Waals surface area contributed by atoms with Gasteiger partial charge in [0.2, 0.25) is 5.91 Å². The highest BCUT2D eigenvalue weighted by Gasteiger charge is 2.31. The highest BCUT2D eigenvalue weighted by molar-refractivity contribution is 5.76. The zero-order valence-corrected chi connectivity index (χ0v) is 17.8. The van der Waals surface area contributed by atoms with E-state index in [2.05, 4.69) is 57.6 Å². The van der Waals surface area contributed by atoms with Crippen LogP contribution in [0.4, 0.5) is 0 Å². The summed E-state index contributed by atoms with van der Waals surface area (Å²) >= 11 is 0. The minimum Gasteiger partial charge on any atom is -0.333 e. The summed E-state index contributed by atoms with van der Waals surface area (Å²) in [7, 11) is 0. The molecule has 2 aliphatic rings. The van der Waals surface area contributed by atoms with Crippen molar-refractivity contribution < 1.29 is 4.79 Å². The van der Waals surface area contributed by atoms with Crippen LogP contribution in [0.15, 0.2) is 24.5 Å². The van der Waals surface area contributed by atoms with Crippen molar-refractivity contribution in [3.63, 3.8) is 0 Å². The van der Waals surface area contributed by atoms with Crippen LogP contribution < -0.4 is 0 Å². The van der Waals surface area contributed by atoms with Gasteiger partial charge in [-0.3, -0.25) is 14.7 Å². The van der Waals surface area contributed by atoms with Crippen LogP contribution in [0.1, 0.15) is 63.2 Å². The van der Waals surface area contributed by atoms with E-state index in [1.54, 1.807) is 0 Å². The Bertz CT molecular complexity index is 841. The fraction of sp³-hybridized carbons (Fsp3) is 0.636. The molecule has 7 heteroatoms. The van der Waals surface area contributed by atoms with Crippen molar-refractivity contribution >= 4 is 5.91 Å². The van der Waals surface area contributed by atoms with Gasteiger partial charge in [-0.2, -0.15) is 0 Å². The number of amides is 1. The van der Waals surface area contributed by atoms with Crippen LogP contribution in [0.3, 0.4) is 0 Å². The van der Waals surface area contributed by atoms with E-state index in [0.717, 1.165) is 50.8 Å². The maximum atomic E-state index is 12.6. The minimum atomic E-state index is 0.00767. The van der Waals surface area contributed by atoms with Crippen molar-refractivity contribution in [3.05, 3.63) is 41.7 Å². The number of pyridine rings is 1. The smallest absolute Gasteiger partial charge is 0.223 e. The summed E-state index contributed by atoms with van der Waals surface area (Å²) in [6, 6.07) is 4.18. The Morgan fingerprint density at radius 1 is 1.14 bits per heavy atom. The third-order valence-corrected chi connectivity index (χ3v) is 5.84. The number of piperidine rings is 1. The molecule has 4 heterocycles. The van der Waals surface area contributed by atoms with Gasteiger partial charge in [-0.25, -0.2) is 0 Å². The predicted molar refractivity (Wildman–Crippen MR) is 111 cm³/mol. The van der Waals surface area contributed by atoms with Gasteiger partial charge in [0.15, 0.2) is 5.82 Å². The van der Waals surface area contributed by atoms with E-state index < -0.39 is 0 Å². The molecule has 1 amide bonds. The summed E-state index contributed by atoms with van der Waals surface area (Å²) in [5.41, 5.74) is 1.31. The molecule has 0 aliphatic carbocycles. The largest absolute Gasteiger partial charge is 0.333 e. The van der Waals surface area contributed by atoms with Crippen LogP contribution in [0, 0.1) is 5.41 Å². The van der Waals surface area contributed by atoms with E-state index in [1.165, 1.54) is 12.0 Å². The van der Waals surface area contributed by atoms with Gasteiger partial charge >= 0.3 is 0 Å². The van der Waals surface area contributed by atoms with Crippen molar-refractivity contribution in [2.75, 3.05) is 19.6 Å². The molecule has 0 bridgehead atoms. The molecule has 2 aromatic rings. The van der Waals surface area contributed by atoms with Crippen molar-refractivity contribution in [1.29, 1.82) is 0 Å². The minimum absolute atomic E-state index is 0.00767. The summed E-state index contributed by atoms with van der Waals surface area (Å²) < 4.78 is 2.27. The highest BCUT2D eigenvalue weighted by Crippen LogP contribution is 2.29.